The van der Waals surface area contributed by atoms with E-state index in [0.717, 1.165) is 23.9 Å². The van der Waals surface area contributed by atoms with Crippen molar-refractivity contribution in [1.82, 2.24) is 9.97 Å². The van der Waals surface area contributed by atoms with Gasteiger partial charge in [0.15, 0.2) is 5.82 Å². The summed E-state index contributed by atoms with van der Waals surface area (Å²) in [5.74, 6) is 1.90. The van der Waals surface area contributed by atoms with Gasteiger partial charge in [-0.2, -0.15) is 0 Å². The van der Waals surface area contributed by atoms with Gasteiger partial charge in [0, 0.05) is 12.1 Å². The van der Waals surface area contributed by atoms with Crippen LogP contribution in [0.2, 0.25) is 0 Å². The third kappa shape index (κ3) is 1.41. The number of aromatic nitrogens is 2. The maximum Gasteiger partial charge on any atom is 0.152 e. The number of imidazole rings is 1. The summed E-state index contributed by atoms with van der Waals surface area (Å²) in [5.41, 5.74) is 3.55. The molecule has 0 fully saturated rings. The van der Waals surface area contributed by atoms with Gasteiger partial charge in [-0.1, -0.05) is 36.4 Å². The van der Waals surface area contributed by atoms with Crippen LogP contribution in [0.1, 0.15) is 17.1 Å². The Hall–Kier alpha value is -2.03. The number of H-pyrrole nitrogens is 1. The van der Waals surface area contributed by atoms with E-state index in [0.29, 0.717) is 0 Å². The Kier molecular flexibility index (Phi) is 2.03. The monoisotopic (exact) mass is 211 g/mol. The molecule has 80 valence electrons. The summed E-state index contributed by atoms with van der Waals surface area (Å²) in [6.07, 6.45) is 2.19. The van der Waals surface area contributed by atoms with Gasteiger partial charge in [0.05, 0.1) is 5.69 Å². The Labute approximate surface area is 94.2 Å². The molecule has 1 aliphatic heterocycles. The molecule has 3 heteroatoms. The van der Waals surface area contributed by atoms with Crippen molar-refractivity contribution in [1.29, 1.82) is 0 Å². The first-order chi connectivity index (χ1) is 7.84. The van der Waals surface area contributed by atoms with Gasteiger partial charge in [-0.15, -0.1) is 0 Å². The summed E-state index contributed by atoms with van der Waals surface area (Å²) in [7, 11) is 0. The SMILES string of the molecule is Cc1nc2c([nH]1)C(c1ccccc1)=CCN2. The zero-order valence-electron chi connectivity index (χ0n) is 9.12. The molecule has 2 aromatic rings. The minimum atomic E-state index is 0.835. The lowest BCUT2D eigenvalue weighted by Crippen LogP contribution is -2.08. The fourth-order valence-electron chi connectivity index (χ4n) is 2.05. The number of fused-ring (bicyclic) bond motifs is 1. The summed E-state index contributed by atoms with van der Waals surface area (Å²) in [6, 6.07) is 10.4. The van der Waals surface area contributed by atoms with E-state index in [2.05, 4.69) is 45.6 Å². The Morgan fingerprint density at radius 1 is 1.19 bits per heavy atom. The largest absolute Gasteiger partial charge is 0.365 e. The first kappa shape index (κ1) is 9.21. The molecular formula is C13H13N3. The van der Waals surface area contributed by atoms with Crippen molar-refractivity contribution in [3.63, 3.8) is 0 Å². The molecule has 1 aromatic heterocycles. The fourth-order valence-corrected chi connectivity index (χ4v) is 2.05. The second kappa shape index (κ2) is 3.52. The van der Waals surface area contributed by atoms with Crippen LogP contribution in [0.5, 0.6) is 0 Å². The van der Waals surface area contributed by atoms with Crippen molar-refractivity contribution < 1.29 is 0 Å². The minimum Gasteiger partial charge on any atom is -0.365 e. The molecule has 16 heavy (non-hydrogen) atoms. The molecular weight excluding hydrogens is 198 g/mol. The second-order valence-corrected chi connectivity index (χ2v) is 3.91. The van der Waals surface area contributed by atoms with E-state index < -0.39 is 0 Å². The molecule has 3 rings (SSSR count). The summed E-state index contributed by atoms with van der Waals surface area (Å²) < 4.78 is 0. The standard InChI is InChI=1S/C13H13N3/c1-9-15-12-11(7-8-14-13(12)16-9)10-5-3-2-4-6-10/h2-7,14H,8H2,1H3,(H,15,16). The van der Waals surface area contributed by atoms with Gasteiger partial charge in [-0.3, -0.25) is 0 Å². The van der Waals surface area contributed by atoms with Gasteiger partial charge < -0.3 is 10.3 Å². The number of aromatic amines is 1. The van der Waals surface area contributed by atoms with Crippen LogP contribution in [0.25, 0.3) is 5.57 Å². The van der Waals surface area contributed by atoms with Crippen molar-refractivity contribution in [2.45, 2.75) is 6.92 Å². The zero-order valence-corrected chi connectivity index (χ0v) is 9.12. The molecule has 0 saturated carbocycles. The van der Waals surface area contributed by atoms with Crippen LogP contribution in [-0.4, -0.2) is 16.5 Å². The number of anilines is 1. The Morgan fingerprint density at radius 3 is 2.81 bits per heavy atom. The molecule has 2 heterocycles. The molecule has 1 aliphatic rings. The summed E-state index contributed by atoms with van der Waals surface area (Å²) >= 11 is 0. The average molecular weight is 211 g/mol. The first-order valence-corrected chi connectivity index (χ1v) is 5.41. The lowest BCUT2D eigenvalue weighted by Gasteiger charge is -2.14. The number of hydrogen-bond acceptors (Lipinski definition) is 2. The number of hydrogen-bond donors (Lipinski definition) is 2. The molecule has 0 bridgehead atoms. The van der Waals surface area contributed by atoms with Crippen molar-refractivity contribution in [3.05, 3.63) is 53.5 Å². The highest BCUT2D eigenvalue weighted by molar-refractivity contribution is 5.85. The lowest BCUT2D eigenvalue weighted by molar-refractivity contribution is 1.14. The maximum atomic E-state index is 4.42. The van der Waals surface area contributed by atoms with Crippen LogP contribution in [0.15, 0.2) is 36.4 Å². The predicted molar refractivity (Wildman–Crippen MR) is 65.3 cm³/mol. The number of nitrogens with one attached hydrogen (secondary N) is 2. The number of nitrogens with zero attached hydrogens (tertiary/aromatic N) is 1. The van der Waals surface area contributed by atoms with E-state index >= 15 is 0 Å². The molecule has 0 aliphatic carbocycles. The van der Waals surface area contributed by atoms with Crippen molar-refractivity contribution in [3.8, 4) is 0 Å². The third-order valence-electron chi connectivity index (χ3n) is 2.75. The molecule has 0 amide bonds. The van der Waals surface area contributed by atoms with Crippen LogP contribution < -0.4 is 5.32 Å². The molecule has 0 saturated heterocycles. The van der Waals surface area contributed by atoms with Gasteiger partial charge in [0.25, 0.3) is 0 Å². The van der Waals surface area contributed by atoms with Crippen LogP contribution in [-0.2, 0) is 0 Å². The van der Waals surface area contributed by atoms with E-state index in [9.17, 15) is 0 Å². The topological polar surface area (TPSA) is 40.7 Å². The van der Waals surface area contributed by atoms with Crippen molar-refractivity contribution in [2.24, 2.45) is 0 Å². The van der Waals surface area contributed by atoms with E-state index in [1.54, 1.807) is 0 Å². The summed E-state index contributed by atoms with van der Waals surface area (Å²) in [4.78, 5) is 7.72. The van der Waals surface area contributed by atoms with Gasteiger partial charge in [0.2, 0.25) is 0 Å². The third-order valence-corrected chi connectivity index (χ3v) is 2.75. The molecule has 1 aromatic carbocycles. The number of benzene rings is 1. The van der Waals surface area contributed by atoms with Gasteiger partial charge >= 0.3 is 0 Å². The van der Waals surface area contributed by atoms with E-state index in [-0.39, 0.29) is 0 Å². The quantitative estimate of drug-likeness (QED) is 0.761. The number of rotatable bonds is 1. The summed E-state index contributed by atoms with van der Waals surface area (Å²) in [6.45, 7) is 2.81. The molecule has 3 nitrogen and oxygen atoms in total. The highest BCUT2D eigenvalue weighted by Crippen LogP contribution is 2.30. The highest BCUT2D eigenvalue weighted by atomic mass is 15.1. The highest BCUT2D eigenvalue weighted by Gasteiger charge is 2.16. The molecule has 0 unspecified atom stereocenters. The van der Waals surface area contributed by atoms with Crippen LogP contribution in [0.3, 0.4) is 0 Å². The average Bonchev–Trinajstić information content (AvgIpc) is 2.70. The van der Waals surface area contributed by atoms with Crippen LogP contribution in [0.4, 0.5) is 5.82 Å². The molecule has 0 radical (unpaired) electrons. The fraction of sp³-hybridized carbons (Fsp3) is 0.154. The zero-order chi connectivity index (χ0) is 11.0. The first-order valence-electron chi connectivity index (χ1n) is 5.41. The molecule has 2 N–H and O–H groups in total. The molecule has 0 spiro atoms. The van der Waals surface area contributed by atoms with Crippen LogP contribution >= 0.6 is 0 Å². The van der Waals surface area contributed by atoms with E-state index in [1.807, 2.05) is 13.0 Å². The smallest absolute Gasteiger partial charge is 0.152 e. The van der Waals surface area contributed by atoms with E-state index in [1.165, 1.54) is 11.1 Å². The predicted octanol–water partition coefficient (Wildman–Crippen LogP) is 2.58. The summed E-state index contributed by atoms with van der Waals surface area (Å²) in [5, 5.41) is 3.26. The van der Waals surface area contributed by atoms with Crippen molar-refractivity contribution in [2.75, 3.05) is 11.9 Å². The Balaban J connectivity index is 2.12. The minimum absolute atomic E-state index is 0.835. The van der Waals surface area contributed by atoms with Crippen molar-refractivity contribution >= 4 is 11.4 Å². The lowest BCUT2D eigenvalue weighted by atomic mass is 10.0. The molecule has 0 atom stereocenters. The van der Waals surface area contributed by atoms with Crippen LogP contribution in [0, 0.1) is 6.92 Å². The Morgan fingerprint density at radius 2 is 2.00 bits per heavy atom. The van der Waals surface area contributed by atoms with Gasteiger partial charge in [-0.05, 0) is 12.5 Å². The van der Waals surface area contributed by atoms with E-state index in [4.69, 9.17) is 0 Å². The normalized spacial score (nSPS) is 13.9. The Bertz CT molecular complexity index is 538. The maximum absolute atomic E-state index is 4.42. The second-order valence-electron chi connectivity index (χ2n) is 3.91. The van der Waals surface area contributed by atoms with Gasteiger partial charge in [0.1, 0.15) is 5.82 Å². The number of aryl methyl sites for hydroxylation is 1. The van der Waals surface area contributed by atoms with Gasteiger partial charge in [-0.25, -0.2) is 4.98 Å².